The minimum Gasteiger partial charge on any atom is -0.462 e. The zero-order valence-electron chi connectivity index (χ0n) is 38.9. The van der Waals surface area contributed by atoms with Crippen molar-refractivity contribution in [3.8, 4) is 0 Å². The van der Waals surface area contributed by atoms with E-state index in [2.05, 4.69) is 79.1 Å². The van der Waals surface area contributed by atoms with E-state index in [0.29, 0.717) is 12.8 Å². The molecule has 7 N–H and O–H groups in total. The van der Waals surface area contributed by atoms with Crippen LogP contribution in [0.1, 0.15) is 168 Å². The number of hydrogen-bond acceptors (Lipinski definition) is 13. The molecule has 16 nitrogen and oxygen atoms in total. The minimum atomic E-state index is -5.37. The van der Waals surface area contributed by atoms with E-state index in [1.807, 2.05) is 0 Å². The Morgan fingerprint density at radius 2 is 0.892 bits per heavy atom. The van der Waals surface area contributed by atoms with Crippen molar-refractivity contribution < 1.29 is 76.9 Å². The highest BCUT2D eigenvalue weighted by Gasteiger charge is 2.54. The van der Waals surface area contributed by atoms with Crippen LogP contribution < -0.4 is 0 Å². The highest BCUT2D eigenvalue weighted by molar-refractivity contribution is 7.47. The SMILES string of the molecule is CCCCCC=CCC=CCC=CCCCCCCC(=O)OCC(COP(=O)(O)OC1C(O)C(O)C(O)C(OP(=O)(O)O)C1O)OC(=O)CCCCCCCC=CCC=CCCCCC. The molecule has 0 spiro atoms. The van der Waals surface area contributed by atoms with Crippen LogP contribution in [0.2, 0.25) is 0 Å². The van der Waals surface area contributed by atoms with Gasteiger partial charge in [-0.2, -0.15) is 0 Å². The van der Waals surface area contributed by atoms with Crippen molar-refractivity contribution in [3.63, 3.8) is 0 Å². The predicted octanol–water partition coefficient (Wildman–Crippen LogP) is 9.06. The maximum Gasteiger partial charge on any atom is 0.472 e. The summed E-state index contributed by atoms with van der Waals surface area (Å²) in [5, 5.41) is 41.2. The van der Waals surface area contributed by atoms with Crippen LogP contribution in [0.15, 0.2) is 60.8 Å². The number of rotatable bonds is 39. The van der Waals surface area contributed by atoms with Gasteiger partial charge in [-0.25, -0.2) is 9.13 Å². The third-order valence-corrected chi connectivity index (χ3v) is 12.1. The van der Waals surface area contributed by atoms with E-state index in [-0.39, 0.29) is 12.8 Å². The lowest BCUT2D eigenvalue weighted by molar-refractivity contribution is -0.216. The van der Waals surface area contributed by atoms with Gasteiger partial charge in [-0.05, 0) is 83.5 Å². The van der Waals surface area contributed by atoms with Crippen LogP contribution in [-0.2, 0) is 41.8 Å². The van der Waals surface area contributed by atoms with Gasteiger partial charge in [0.1, 0.15) is 43.2 Å². The van der Waals surface area contributed by atoms with Crippen molar-refractivity contribution in [2.45, 2.75) is 211 Å². The molecular weight excluding hydrogens is 882 g/mol. The molecule has 8 atom stereocenters. The van der Waals surface area contributed by atoms with E-state index in [0.717, 1.165) is 89.9 Å². The van der Waals surface area contributed by atoms with E-state index in [1.54, 1.807) is 0 Å². The monoisotopic (exact) mass is 965 g/mol. The fourth-order valence-corrected chi connectivity index (χ4v) is 8.37. The van der Waals surface area contributed by atoms with E-state index in [1.165, 1.54) is 38.5 Å². The molecule has 1 aliphatic carbocycles. The second-order valence-electron chi connectivity index (χ2n) is 16.5. The van der Waals surface area contributed by atoms with Gasteiger partial charge in [0.2, 0.25) is 0 Å². The van der Waals surface area contributed by atoms with Gasteiger partial charge >= 0.3 is 27.6 Å². The fraction of sp³-hybridized carbons (Fsp3) is 0.745. The van der Waals surface area contributed by atoms with Crippen molar-refractivity contribution in [2.24, 2.45) is 0 Å². The molecule has 0 aromatic rings. The first kappa shape index (κ1) is 60.7. The largest absolute Gasteiger partial charge is 0.472 e. The third kappa shape index (κ3) is 32.2. The molecule has 8 unspecified atom stereocenters. The zero-order chi connectivity index (χ0) is 48.2. The summed E-state index contributed by atoms with van der Waals surface area (Å²) in [6.45, 7) is 3.02. The van der Waals surface area contributed by atoms with Crippen LogP contribution >= 0.6 is 15.6 Å². The fourth-order valence-electron chi connectivity index (χ4n) is 6.83. The number of phosphoric ester groups is 2. The molecule has 1 rings (SSSR count). The standard InChI is InChI=1S/C47H82O16P2/c1-3-5-7-9-11-13-15-17-19-20-22-23-25-27-29-31-33-35-40(48)59-37-39(61-41(49)36-34-32-30-28-26-24-21-18-16-14-12-10-8-6-4-2)38-60-65(57,58)63-47-44(52)42(50)43(51)46(45(47)53)62-64(54,55)56/h11-14,17-19,21-23,39,42-47,50-53H,3-10,15-16,20,24-38H2,1-2H3,(H,57,58)(H2,54,55,56). The number of unbranched alkanes of at least 4 members (excludes halogenated alkanes) is 15. The summed E-state index contributed by atoms with van der Waals surface area (Å²) in [7, 11) is -10.7. The number of phosphoric acid groups is 2. The van der Waals surface area contributed by atoms with E-state index in [4.69, 9.17) is 18.5 Å². The van der Waals surface area contributed by atoms with Crippen LogP contribution in [0.3, 0.4) is 0 Å². The average molecular weight is 965 g/mol. The molecule has 0 aromatic heterocycles. The number of esters is 2. The molecular formula is C47H82O16P2. The van der Waals surface area contributed by atoms with Gasteiger partial charge in [-0.3, -0.25) is 23.2 Å². The number of carbonyl (C=O) groups is 2. The lowest BCUT2D eigenvalue weighted by Gasteiger charge is -2.43. The van der Waals surface area contributed by atoms with E-state index < -0.39 is 83.5 Å². The van der Waals surface area contributed by atoms with Gasteiger partial charge in [0.15, 0.2) is 6.10 Å². The number of carbonyl (C=O) groups excluding carboxylic acids is 2. The zero-order valence-corrected chi connectivity index (χ0v) is 40.7. The summed E-state index contributed by atoms with van der Waals surface area (Å²) in [6, 6.07) is 0. The summed E-state index contributed by atoms with van der Waals surface area (Å²) >= 11 is 0. The molecule has 0 bridgehead atoms. The highest BCUT2D eigenvalue weighted by atomic mass is 31.2. The lowest BCUT2D eigenvalue weighted by atomic mass is 9.85. The van der Waals surface area contributed by atoms with Crippen LogP contribution in [0, 0.1) is 0 Å². The molecule has 1 saturated carbocycles. The molecule has 65 heavy (non-hydrogen) atoms. The summed E-state index contributed by atoms with van der Waals surface area (Å²) in [5.74, 6) is -1.25. The number of aliphatic hydroxyl groups excluding tert-OH is 4. The summed E-state index contributed by atoms with van der Waals surface area (Å²) in [4.78, 5) is 54.3. The van der Waals surface area contributed by atoms with Crippen molar-refractivity contribution in [2.75, 3.05) is 13.2 Å². The second-order valence-corrected chi connectivity index (χ2v) is 19.1. The Bertz CT molecular complexity index is 1490. The molecule has 18 heteroatoms. The smallest absolute Gasteiger partial charge is 0.462 e. The molecule has 1 aliphatic rings. The Morgan fingerprint density at radius 1 is 0.492 bits per heavy atom. The van der Waals surface area contributed by atoms with Crippen LogP contribution in [-0.4, -0.2) is 103 Å². The Hall–Kier alpha value is -2.30. The quantitative estimate of drug-likeness (QED) is 0.0131. The number of aliphatic hydroxyl groups is 4. The molecule has 376 valence electrons. The Balaban J connectivity index is 2.62. The molecule has 0 aliphatic heterocycles. The van der Waals surface area contributed by atoms with Crippen LogP contribution in [0.5, 0.6) is 0 Å². The van der Waals surface area contributed by atoms with Crippen molar-refractivity contribution in [1.29, 1.82) is 0 Å². The van der Waals surface area contributed by atoms with Gasteiger partial charge < -0.3 is 44.6 Å². The molecule has 0 amide bonds. The Labute approximate surface area is 388 Å². The normalized spacial score (nSPS) is 22.2. The summed E-state index contributed by atoms with van der Waals surface area (Å²) in [5.41, 5.74) is 0. The van der Waals surface area contributed by atoms with Gasteiger partial charge in [0.25, 0.3) is 0 Å². The maximum absolute atomic E-state index is 13.0. The molecule has 0 saturated heterocycles. The number of allylic oxidation sites excluding steroid dienone is 10. The number of hydrogen-bond donors (Lipinski definition) is 7. The first-order valence-corrected chi connectivity index (χ1v) is 26.9. The van der Waals surface area contributed by atoms with Gasteiger partial charge in [0, 0.05) is 12.8 Å². The molecule has 0 heterocycles. The molecule has 0 aromatic carbocycles. The van der Waals surface area contributed by atoms with Gasteiger partial charge in [-0.1, -0.05) is 132 Å². The van der Waals surface area contributed by atoms with Crippen molar-refractivity contribution in [3.05, 3.63) is 60.8 Å². The topological polar surface area (TPSA) is 256 Å². The summed E-state index contributed by atoms with van der Waals surface area (Å²) < 4.78 is 49.3. The van der Waals surface area contributed by atoms with Gasteiger partial charge in [-0.15, -0.1) is 0 Å². The molecule has 0 radical (unpaired) electrons. The first-order chi connectivity index (χ1) is 31.1. The second kappa shape index (κ2) is 37.7. The summed E-state index contributed by atoms with van der Waals surface area (Å²) in [6.07, 6.45) is 28.9. The minimum absolute atomic E-state index is 0.0204. The Morgan fingerprint density at radius 3 is 1.35 bits per heavy atom. The van der Waals surface area contributed by atoms with Crippen molar-refractivity contribution >= 4 is 27.6 Å². The number of ether oxygens (including phenoxy) is 2. The van der Waals surface area contributed by atoms with Gasteiger partial charge in [0.05, 0.1) is 6.61 Å². The van der Waals surface area contributed by atoms with Crippen LogP contribution in [0.25, 0.3) is 0 Å². The van der Waals surface area contributed by atoms with E-state index >= 15 is 0 Å². The third-order valence-electron chi connectivity index (χ3n) is 10.6. The van der Waals surface area contributed by atoms with E-state index in [9.17, 15) is 53.8 Å². The van der Waals surface area contributed by atoms with Crippen LogP contribution in [0.4, 0.5) is 0 Å². The molecule has 1 fully saturated rings. The average Bonchev–Trinajstić information content (AvgIpc) is 3.26. The first-order valence-electron chi connectivity index (χ1n) is 23.8. The maximum atomic E-state index is 13.0. The Kier molecular flexibility index (Phi) is 35.2. The van der Waals surface area contributed by atoms with Crippen molar-refractivity contribution in [1.82, 2.24) is 0 Å². The predicted molar refractivity (Wildman–Crippen MR) is 250 cm³/mol. The highest BCUT2D eigenvalue weighted by Crippen LogP contribution is 2.49. The lowest BCUT2D eigenvalue weighted by Crippen LogP contribution is -2.64.